The zero-order chi connectivity index (χ0) is 14.5. The summed E-state index contributed by atoms with van der Waals surface area (Å²) in [7, 11) is 0. The Kier molecular flexibility index (Phi) is 5.01. The molecule has 1 heterocycles. The molecule has 0 aliphatic carbocycles. The van der Waals surface area contributed by atoms with Crippen molar-refractivity contribution >= 4 is 5.97 Å². The van der Waals surface area contributed by atoms with Gasteiger partial charge in [0.05, 0.1) is 13.0 Å². The molecule has 0 unspecified atom stereocenters. The van der Waals surface area contributed by atoms with Crippen LogP contribution >= 0.6 is 0 Å². The molecule has 20 heavy (non-hydrogen) atoms. The van der Waals surface area contributed by atoms with E-state index in [1.165, 1.54) is 11.1 Å². The minimum Gasteiger partial charge on any atom is -0.494 e. The van der Waals surface area contributed by atoms with Crippen LogP contribution in [0.15, 0.2) is 18.2 Å². The molecule has 1 aliphatic rings. The van der Waals surface area contributed by atoms with Crippen LogP contribution < -0.4 is 4.74 Å². The number of aryl methyl sites for hydroxylation is 2. The number of hydrogen-bond donors (Lipinski definition) is 1. The van der Waals surface area contributed by atoms with Crippen molar-refractivity contribution in [3.05, 3.63) is 29.3 Å². The van der Waals surface area contributed by atoms with Crippen LogP contribution in [0.2, 0.25) is 0 Å². The minimum atomic E-state index is -0.687. The predicted octanol–water partition coefficient (Wildman–Crippen LogP) is 2.48. The minimum absolute atomic E-state index is 0.301. The number of likely N-dealkylation sites (tertiary alicyclic amines) is 1. The molecule has 0 spiro atoms. The number of aliphatic carboxylic acids is 1. The van der Waals surface area contributed by atoms with Crippen molar-refractivity contribution in [1.82, 2.24) is 4.90 Å². The van der Waals surface area contributed by atoms with Gasteiger partial charge in [0.1, 0.15) is 5.75 Å². The summed E-state index contributed by atoms with van der Waals surface area (Å²) >= 11 is 0. The van der Waals surface area contributed by atoms with Gasteiger partial charge in [-0.2, -0.15) is 0 Å². The summed E-state index contributed by atoms with van der Waals surface area (Å²) in [5.74, 6) is 0.585. The van der Waals surface area contributed by atoms with E-state index >= 15 is 0 Å². The second-order valence-electron chi connectivity index (χ2n) is 5.67. The molecule has 0 amide bonds. The van der Waals surface area contributed by atoms with Gasteiger partial charge in [-0.15, -0.1) is 0 Å². The lowest BCUT2D eigenvalue weighted by Crippen LogP contribution is -2.47. The molecule has 4 heteroatoms. The van der Waals surface area contributed by atoms with Gasteiger partial charge in [0, 0.05) is 19.6 Å². The van der Waals surface area contributed by atoms with Crippen LogP contribution in [0.25, 0.3) is 0 Å². The van der Waals surface area contributed by atoms with E-state index in [4.69, 9.17) is 9.84 Å². The highest BCUT2D eigenvalue weighted by molar-refractivity contribution is 5.67. The first-order chi connectivity index (χ1) is 9.54. The van der Waals surface area contributed by atoms with Crippen molar-refractivity contribution in [3.8, 4) is 5.75 Å². The second-order valence-corrected chi connectivity index (χ2v) is 5.67. The Morgan fingerprint density at radius 3 is 2.75 bits per heavy atom. The molecular weight excluding hydrogens is 254 g/mol. The molecule has 1 saturated heterocycles. The first kappa shape index (κ1) is 14.9. The number of nitrogens with zero attached hydrogens (tertiary/aromatic N) is 1. The fraction of sp³-hybridized carbons (Fsp3) is 0.562. The first-order valence-corrected chi connectivity index (χ1v) is 7.19. The van der Waals surface area contributed by atoms with Crippen LogP contribution in [-0.2, 0) is 4.79 Å². The van der Waals surface area contributed by atoms with Crippen molar-refractivity contribution < 1.29 is 14.6 Å². The number of carboxylic acids is 1. The van der Waals surface area contributed by atoms with E-state index in [2.05, 4.69) is 30.9 Å². The number of carboxylic acid groups (broad SMARTS) is 1. The molecule has 0 radical (unpaired) electrons. The van der Waals surface area contributed by atoms with Gasteiger partial charge < -0.3 is 14.7 Å². The van der Waals surface area contributed by atoms with Gasteiger partial charge in [-0.3, -0.25) is 4.79 Å². The summed E-state index contributed by atoms with van der Waals surface area (Å²) in [6, 6.07) is 6.16. The average molecular weight is 277 g/mol. The third-order valence-electron chi connectivity index (χ3n) is 3.86. The molecule has 0 aromatic heterocycles. The van der Waals surface area contributed by atoms with E-state index in [0.29, 0.717) is 18.9 Å². The summed E-state index contributed by atoms with van der Waals surface area (Å²) < 4.78 is 5.73. The van der Waals surface area contributed by atoms with Crippen LogP contribution in [0.1, 0.15) is 24.0 Å². The number of rotatable bonds is 7. The zero-order valence-corrected chi connectivity index (χ0v) is 12.3. The third-order valence-corrected chi connectivity index (χ3v) is 3.86. The topological polar surface area (TPSA) is 49.8 Å². The lowest BCUT2D eigenvalue weighted by atomic mass is 9.96. The van der Waals surface area contributed by atoms with E-state index < -0.39 is 5.97 Å². The van der Waals surface area contributed by atoms with Crippen LogP contribution in [0, 0.1) is 19.8 Å². The Hall–Kier alpha value is -1.55. The maximum atomic E-state index is 10.5. The van der Waals surface area contributed by atoms with E-state index in [9.17, 15) is 4.79 Å². The molecule has 0 bridgehead atoms. The lowest BCUT2D eigenvalue weighted by molar-refractivity contribution is -0.139. The SMILES string of the molecule is Cc1ccc(OCCCN2CC(CC(=O)O)C2)cc1C. The monoisotopic (exact) mass is 277 g/mol. The maximum absolute atomic E-state index is 10.5. The van der Waals surface area contributed by atoms with Gasteiger partial charge in [0.15, 0.2) is 0 Å². The summed E-state index contributed by atoms with van der Waals surface area (Å²) in [5.41, 5.74) is 2.53. The summed E-state index contributed by atoms with van der Waals surface area (Å²) in [6.07, 6.45) is 1.28. The van der Waals surface area contributed by atoms with E-state index in [1.54, 1.807) is 0 Å². The molecule has 1 N–H and O–H groups in total. The molecule has 4 nitrogen and oxygen atoms in total. The van der Waals surface area contributed by atoms with Crippen molar-refractivity contribution in [2.45, 2.75) is 26.7 Å². The number of hydrogen-bond acceptors (Lipinski definition) is 3. The van der Waals surface area contributed by atoms with Crippen molar-refractivity contribution in [1.29, 1.82) is 0 Å². The Bertz CT molecular complexity index is 467. The van der Waals surface area contributed by atoms with E-state index in [1.807, 2.05) is 6.07 Å². The van der Waals surface area contributed by atoms with Crippen LogP contribution in [0.4, 0.5) is 0 Å². The molecule has 1 aromatic carbocycles. The Morgan fingerprint density at radius 1 is 1.35 bits per heavy atom. The highest BCUT2D eigenvalue weighted by Gasteiger charge is 2.27. The highest BCUT2D eigenvalue weighted by atomic mass is 16.5. The van der Waals surface area contributed by atoms with Gasteiger partial charge in [0.2, 0.25) is 0 Å². The maximum Gasteiger partial charge on any atom is 0.303 e. The molecule has 2 rings (SSSR count). The molecule has 1 aliphatic heterocycles. The van der Waals surface area contributed by atoms with Crippen molar-refractivity contribution in [2.75, 3.05) is 26.2 Å². The Labute approximate surface area is 120 Å². The van der Waals surface area contributed by atoms with Crippen LogP contribution in [-0.4, -0.2) is 42.2 Å². The van der Waals surface area contributed by atoms with Crippen molar-refractivity contribution in [2.24, 2.45) is 5.92 Å². The van der Waals surface area contributed by atoms with E-state index in [0.717, 1.165) is 31.8 Å². The Balaban J connectivity index is 1.58. The summed E-state index contributed by atoms with van der Waals surface area (Å²) in [6.45, 7) is 7.71. The fourth-order valence-corrected chi connectivity index (χ4v) is 2.52. The predicted molar refractivity (Wildman–Crippen MR) is 78.2 cm³/mol. The zero-order valence-electron chi connectivity index (χ0n) is 12.3. The first-order valence-electron chi connectivity index (χ1n) is 7.19. The number of benzene rings is 1. The smallest absolute Gasteiger partial charge is 0.303 e. The number of carbonyl (C=O) groups is 1. The van der Waals surface area contributed by atoms with E-state index in [-0.39, 0.29) is 0 Å². The standard InChI is InChI=1S/C16H23NO3/c1-12-4-5-15(8-13(12)2)20-7-3-6-17-10-14(11-17)9-16(18)19/h4-5,8,14H,3,6-7,9-11H2,1-2H3,(H,18,19). The second kappa shape index (κ2) is 6.75. The van der Waals surface area contributed by atoms with Crippen LogP contribution in [0.5, 0.6) is 5.75 Å². The van der Waals surface area contributed by atoms with Gasteiger partial charge in [0.25, 0.3) is 0 Å². The lowest BCUT2D eigenvalue weighted by Gasteiger charge is -2.38. The Morgan fingerprint density at radius 2 is 2.10 bits per heavy atom. The fourth-order valence-electron chi connectivity index (χ4n) is 2.52. The molecule has 0 atom stereocenters. The highest BCUT2D eigenvalue weighted by Crippen LogP contribution is 2.19. The normalized spacial score (nSPS) is 15.9. The largest absolute Gasteiger partial charge is 0.494 e. The van der Waals surface area contributed by atoms with Gasteiger partial charge in [-0.1, -0.05) is 6.07 Å². The molecule has 0 saturated carbocycles. The van der Waals surface area contributed by atoms with Gasteiger partial charge >= 0.3 is 5.97 Å². The molecule has 1 fully saturated rings. The van der Waals surface area contributed by atoms with Crippen molar-refractivity contribution in [3.63, 3.8) is 0 Å². The third kappa shape index (κ3) is 4.23. The molecular formula is C16H23NO3. The summed E-state index contributed by atoms with van der Waals surface area (Å²) in [4.78, 5) is 12.8. The summed E-state index contributed by atoms with van der Waals surface area (Å²) in [5, 5.41) is 8.68. The quantitative estimate of drug-likeness (QED) is 0.778. The molecule has 1 aromatic rings. The average Bonchev–Trinajstić information content (AvgIpc) is 2.34. The number of ether oxygens (including phenoxy) is 1. The molecule has 110 valence electrons. The van der Waals surface area contributed by atoms with Gasteiger partial charge in [-0.25, -0.2) is 0 Å². The van der Waals surface area contributed by atoms with Crippen LogP contribution in [0.3, 0.4) is 0 Å². The van der Waals surface area contributed by atoms with Gasteiger partial charge in [-0.05, 0) is 49.4 Å².